The molecule has 0 aliphatic carbocycles. The molecular weight excluding hydrogens is 248 g/mol. The van der Waals surface area contributed by atoms with Crippen molar-refractivity contribution in [2.75, 3.05) is 39.8 Å². The molecule has 1 aromatic carbocycles. The van der Waals surface area contributed by atoms with Crippen molar-refractivity contribution in [1.29, 1.82) is 0 Å². The molecule has 0 saturated carbocycles. The van der Waals surface area contributed by atoms with Gasteiger partial charge in [-0.25, -0.2) is 0 Å². The van der Waals surface area contributed by atoms with E-state index >= 15 is 0 Å². The summed E-state index contributed by atoms with van der Waals surface area (Å²) in [7, 11) is 2.17. The molecule has 0 spiro atoms. The summed E-state index contributed by atoms with van der Waals surface area (Å²) in [5, 5.41) is 10.0. The van der Waals surface area contributed by atoms with Gasteiger partial charge in [-0.05, 0) is 38.1 Å². The van der Waals surface area contributed by atoms with Crippen LogP contribution in [0.2, 0.25) is 5.02 Å². The van der Waals surface area contributed by atoms with Crippen LogP contribution in [0.25, 0.3) is 0 Å². The summed E-state index contributed by atoms with van der Waals surface area (Å²) < 4.78 is 0. The van der Waals surface area contributed by atoms with E-state index in [-0.39, 0.29) is 5.75 Å². The smallest absolute Gasteiger partial charge is 0.134 e. The third-order valence-corrected chi connectivity index (χ3v) is 4.01. The molecule has 1 aliphatic rings. The second-order valence-corrected chi connectivity index (χ2v) is 5.38. The number of nitrogens with zero attached hydrogens (tertiary/aromatic N) is 2. The molecule has 2 rings (SSSR count). The fraction of sp³-hybridized carbons (Fsp3) is 0.571. The van der Waals surface area contributed by atoms with Crippen molar-refractivity contribution < 1.29 is 5.11 Å². The molecule has 1 heterocycles. The first-order valence-electron chi connectivity index (χ1n) is 6.54. The van der Waals surface area contributed by atoms with Gasteiger partial charge in [0.25, 0.3) is 0 Å². The largest absolute Gasteiger partial charge is 0.506 e. The summed E-state index contributed by atoms with van der Waals surface area (Å²) in [6, 6.07) is 5.48. The molecule has 0 bridgehead atoms. The summed E-state index contributed by atoms with van der Waals surface area (Å²) in [5.41, 5.74) is 1.05. The van der Waals surface area contributed by atoms with E-state index in [4.69, 9.17) is 11.6 Å². The van der Waals surface area contributed by atoms with Crippen LogP contribution >= 0.6 is 11.6 Å². The predicted octanol–water partition coefficient (Wildman–Crippen LogP) is 2.23. The van der Waals surface area contributed by atoms with Crippen LogP contribution in [0.4, 0.5) is 0 Å². The zero-order valence-corrected chi connectivity index (χ0v) is 11.7. The Kier molecular flexibility index (Phi) is 4.87. The van der Waals surface area contributed by atoms with Crippen LogP contribution < -0.4 is 0 Å². The second-order valence-electron chi connectivity index (χ2n) is 5.00. The van der Waals surface area contributed by atoms with Gasteiger partial charge in [0, 0.05) is 26.2 Å². The summed E-state index contributed by atoms with van der Waals surface area (Å²) in [4.78, 5) is 4.86. The van der Waals surface area contributed by atoms with Crippen molar-refractivity contribution in [1.82, 2.24) is 9.80 Å². The first-order valence-corrected chi connectivity index (χ1v) is 6.92. The van der Waals surface area contributed by atoms with E-state index in [2.05, 4.69) is 16.8 Å². The molecule has 1 aliphatic heterocycles. The molecule has 0 atom stereocenters. The molecule has 1 fully saturated rings. The number of likely N-dealkylation sites (N-methyl/N-ethyl adjacent to an activating group) is 1. The van der Waals surface area contributed by atoms with Crippen molar-refractivity contribution in [3.8, 4) is 5.75 Å². The van der Waals surface area contributed by atoms with Crippen LogP contribution in [0.3, 0.4) is 0 Å². The first kappa shape index (κ1) is 13.7. The van der Waals surface area contributed by atoms with Crippen molar-refractivity contribution >= 4 is 11.6 Å². The van der Waals surface area contributed by atoms with Crippen LogP contribution in [0.15, 0.2) is 18.2 Å². The lowest BCUT2D eigenvalue weighted by Gasteiger charge is -2.32. The predicted molar refractivity (Wildman–Crippen MR) is 75.4 cm³/mol. The van der Waals surface area contributed by atoms with Crippen molar-refractivity contribution in [2.45, 2.75) is 12.8 Å². The molecule has 18 heavy (non-hydrogen) atoms. The van der Waals surface area contributed by atoms with E-state index in [0.29, 0.717) is 5.02 Å². The second kappa shape index (κ2) is 6.41. The minimum atomic E-state index is 0.189. The van der Waals surface area contributed by atoms with Gasteiger partial charge < -0.3 is 14.9 Å². The van der Waals surface area contributed by atoms with Crippen molar-refractivity contribution in [3.05, 3.63) is 28.8 Å². The molecule has 0 aromatic heterocycles. The maximum atomic E-state index is 9.53. The first-order chi connectivity index (χ1) is 8.66. The standard InChI is InChI=1S/C14H21ClN2O/c1-16-8-10-17(11-9-16)7-3-5-12-4-2-6-13(18)14(12)15/h2,4,6,18H,3,5,7-11H2,1H3. The Bertz CT molecular complexity index is 389. The van der Waals surface area contributed by atoms with Gasteiger partial charge in [-0.15, -0.1) is 0 Å². The van der Waals surface area contributed by atoms with Gasteiger partial charge in [-0.1, -0.05) is 23.7 Å². The Hall–Kier alpha value is -0.770. The Balaban J connectivity index is 1.77. The maximum absolute atomic E-state index is 9.53. The molecule has 4 heteroatoms. The number of hydrogen-bond donors (Lipinski definition) is 1. The number of halogens is 1. The number of rotatable bonds is 4. The number of aryl methyl sites for hydroxylation is 1. The lowest BCUT2D eigenvalue weighted by Crippen LogP contribution is -2.44. The maximum Gasteiger partial charge on any atom is 0.134 e. The van der Waals surface area contributed by atoms with Crippen LogP contribution in [-0.4, -0.2) is 54.7 Å². The monoisotopic (exact) mass is 268 g/mol. The third kappa shape index (κ3) is 3.61. The van der Waals surface area contributed by atoms with Crippen LogP contribution in [0.1, 0.15) is 12.0 Å². The average Bonchev–Trinajstić information content (AvgIpc) is 2.37. The van der Waals surface area contributed by atoms with E-state index in [1.807, 2.05) is 12.1 Å². The van der Waals surface area contributed by atoms with E-state index in [0.717, 1.165) is 51.1 Å². The quantitative estimate of drug-likeness (QED) is 0.907. The molecule has 0 amide bonds. The topological polar surface area (TPSA) is 26.7 Å². The van der Waals surface area contributed by atoms with E-state index in [1.54, 1.807) is 6.07 Å². The van der Waals surface area contributed by atoms with Gasteiger partial charge in [0.05, 0.1) is 5.02 Å². The molecular formula is C14H21ClN2O. The van der Waals surface area contributed by atoms with Gasteiger partial charge in [-0.3, -0.25) is 0 Å². The van der Waals surface area contributed by atoms with E-state index in [1.165, 1.54) is 0 Å². The highest BCUT2D eigenvalue weighted by molar-refractivity contribution is 6.32. The number of phenols is 1. The average molecular weight is 269 g/mol. The zero-order valence-electron chi connectivity index (χ0n) is 10.9. The fourth-order valence-electron chi connectivity index (χ4n) is 2.32. The van der Waals surface area contributed by atoms with Gasteiger partial charge in [0.2, 0.25) is 0 Å². The lowest BCUT2D eigenvalue weighted by molar-refractivity contribution is 0.153. The Morgan fingerprint density at radius 3 is 2.67 bits per heavy atom. The Labute approximate surface area is 114 Å². The van der Waals surface area contributed by atoms with Crippen molar-refractivity contribution in [3.63, 3.8) is 0 Å². The zero-order chi connectivity index (χ0) is 13.0. The minimum absolute atomic E-state index is 0.189. The van der Waals surface area contributed by atoms with E-state index < -0.39 is 0 Å². The molecule has 100 valence electrons. The van der Waals surface area contributed by atoms with Gasteiger partial charge >= 0.3 is 0 Å². The summed E-state index contributed by atoms with van der Waals surface area (Å²) in [5.74, 6) is 0.189. The normalized spacial score (nSPS) is 18.1. The van der Waals surface area contributed by atoms with Crippen molar-refractivity contribution in [2.24, 2.45) is 0 Å². The highest BCUT2D eigenvalue weighted by Gasteiger charge is 2.13. The van der Waals surface area contributed by atoms with Gasteiger partial charge in [-0.2, -0.15) is 0 Å². The molecule has 1 N–H and O–H groups in total. The molecule has 3 nitrogen and oxygen atoms in total. The van der Waals surface area contributed by atoms with E-state index in [9.17, 15) is 5.11 Å². The molecule has 0 unspecified atom stereocenters. The highest BCUT2D eigenvalue weighted by atomic mass is 35.5. The summed E-state index contributed by atoms with van der Waals surface area (Å²) in [6.45, 7) is 5.74. The number of hydrogen-bond acceptors (Lipinski definition) is 3. The molecule has 1 saturated heterocycles. The summed E-state index contributed by atoms with van der Waals surface area (Å²) >= 11 is 6.06. The summed E-state index contributed by atoms with van der Waals surface area (Å²) in [6.07, 6.45) is 2.02. The highest BCUT2D eigenvalue weighted by Crippen LogP contribution is 2.27. The minimum Gasteiger partial charge on any atom is -0.506 e. The SMILES string of the molecule is CN1CCN(CCCc2cccc(O)c2Cl)CC1. The molecule has 0 radical (unpaired) electrons. The number of aromatic hydroxyl groups is 1. The van der Waals surface area contributed by atoms with Crippen LogP contribution in [0, 0.1) is 0 Å². The number of piperazine rings is 1. The Morgan fingerprint density at radius 1 is 1.22 bits per heavy atom. The number of phenolic OH excluding ortho intramolecular Hbond substituents is 1. The van der Waals surface area contributed by atoms with Crippen LogP contribution in [-0.2, 0) is 6.42 Å². The lowest BCUT2D eigenvalue weighted by atomic mass is 10.1. The molecule has 1 aromatic rings. The van der Waals surface area contributed by atoms with Gasteiger partial charge in [0.15, 0.2) is 0 Å². The third-order valence-electron chi connectivity index (χ3n) is 3.57. The van der Waals surface area contributed by atoms with Gasteiger partial charge in [0.1, 0.15) is 5.75 Å². The Morgan fingerprint density at radius 2 is 1.94 bits per heavy atom. The van der Waals surface area contributed by atoms with Crippen LogP contribution in [0.5, 0.6) is 5.75 Å². The number of benzene rings is 1. The fourth-order valence-corrected chi connectivity index (χ4v) is 2.54.